The summed E-state index contributed by atoms with van der Waals surface area (Å²) in [5, 5.41) is 10.6. The minimum Gasteiger partial charge on any atom is -0.462 e. The van der Waals surface area contributed by atoms with Gasteiger partial charge in [-0.05, 0) is 141 Å². The van der Waals surface area contributed by atoms with Crippen molar-refractivity contribution in [3.05, 3.63) is 146 Å². The fourth-order valence-corrected chi connectivity index (χ4v) is 10.8. The van der Waals surface area contributed by atoms with Crippen LogP contribution in [0.3, 0.4) is 0 Å². The van der Waals surface area contributed by atoms with E-state index < -0.39 is 97.5 Å². The monoisotopic (exact) mass is 1410 g/mol. The van der Waals surface area contributed by atoms with E-state index in [-0.39, 0.29) is 25.7 Å². The van der Waals surface area contributed by atoms with Crippen molar-refractivity contribution in [2.45, 2.75) is 290 Å². The van der Waals surface area contributed by atoms with E-state index in [1.165, 1.54) is 38.5 Å². The Labute approximate surface area is 592 Å². The SMILES string of the molecule is CC/C=C\C/C=C\C/C=C\C/C=C\CCCCCCC(=O)OCC(COP(=O)(O)OCC(O)COP(=O)(O)OCC(COC(=O)CCCC/C=C\C/C=C\C/C=C\C/C=C\CC)OC(=O)CCCCCCCCCCCCC)OC(=O)CCCC/C=C\C/C=C\C/C=C\C/C=C\CC. The molecule has 558 valence electrons. The van der Waals surface area contributed by atoms with E-state index >= 15 is 0 Å². The minimum atomic E-state index is -5.00. The molecule has 17 nitrogen and oxygen atoms in total. The number of hydrogen-bond donors (Lipinski definition) is 3. The Morgan fingerprint density at radius 3 is 0.837 bits per heavy atom. The molecule has 0 spiro atoms. The lowest BCUT2D eigenvalue weighted by atomic mass is 10.1. The number of ether oxygens (including phenoxy) is 4. The maximum Gasteiger partial charge on any atom is 0.472 e. The van der Waals surface area contributed by atoms with Gasteiger partial charge in [-0.3, -0.25) is 37.3 Å². The summed E-state index contributed by atoms with van der Waals surface area (Å²) in [5.41, 5.74) is 0. The quantitative estimate of drug-likeness (QED) is 0.0169. The Morgan fingerprint density at radius 2 is 0.531 bits per heavy atom. The first-order valence-electron chi connectivity index (χ1n) is 37.1. The molecule has 0 aliphatic rings. The first-order valence-corrected chi connectivity index (χ1v) is 40.1. The Bertz CT molecular complexity index is 2430. The van der Waals surface area contributed by atoms with Crippen LogP contribution < -0.4 is 0 Å². The molecule has 0 aliphatic carbocycles. The van der Waals surface area contributed by atoms with Gasteiger partial charge in [0.1, 0.15) is 19.3 Å². The highest BCUT2D eigenvalue weighted by molar-refractivity contribution is 7.47. The summed E-state index contributed by atoms with van der Waals surface area (Å²) in [7, 11) is -9.98. The largest absolute Gasteiger partial charge is 0.472 e. The van der Waals surface area contributed by atoms with Crippen LogP contribution >= 0.6 is 15.6 Å². The maximum absolute atomic E-state index is 13.1. The van der Waals surface area contributed by atoms with Crippen molar-refractivity contribution in [3.63, 3.8) is 0 Å². The normalized spacial score (nSPS) is 14.8. The predicted octanol–water partition coefficient (Wildman–Crippen LogP) is 21.1. The Morgan fingerprint density at radius 1 is 0.296 bits per heavy atom. The molecular formula is C79H130O17P2. The number of phosphoric acid groups is 2. The van der Waals surface area contributed by atoms with Crippen molar-refractivity contribution in [1.29, 1.82) is 0 Å². The van der Waals surface area contributed by atoms with E-state index in [9.17, 15) is 43.2 Å². The van der Waals surface area contributed by atoms with Crippen LogP contribution in [0.15, 0.2) is 146 Å². The highest BCUT2D eigenvalue weighted by Gasteiger charge is 2.30. The smallest absolute Gasteiger partial charge is 0.462 e. The standard InChI is InChI=1S/C79H130O17P2/c1-5-9-13-17-21-25-29-32-35-36-39-41-45-48-52-56-60-64-77(82)90-70-75(96-79(84)66-62-58-54-50-46-42-38-34-31-27-23-19-15-11-7-3)72-94-98(87,88)92-68-73(80)67-91-97(85,86)93-71-74(95-78(83)65-61-57-53-49-43-28-24-20-16-12-8-4)69-89-76(81)63-59-55-51-47-44-40-37-33-30-26-22-18-14-10-6-2/h9-11,13-15,21-23,25-27,32-35,37-39,41,44,46-47,50,73-75,80H,5-8,12,16-20,24,28-31,36,40,42-43,45,48-49,51-72H2,1-4H3,(H,85,86)(H,87,88)/b13-9-,14-10-,15-11-,25-21-,26-22-,27-23-,35-32-,37-33-,38-34-,41-39-,47-44-,50-46-. The van der Waals surface area contributed by atoms with E-state index in [2.05, 4.69) is 174 Å². The number of phosphoric ester groups is 2. The van der Waals surface area contributed by atoms with Gasteiger partial charge in [-0.1, -0.05) is 251 Å². The highest BCUT2D eigenvalue weighted by Crippen LogP contribution is 2.45. The molecule has 0 amide bonds. The van der Waals surface area contributed by atoms with Crippen LogP contribution in [0.4, 0.5) is 0 Å². The van der Waals surface area contributed by atoms with Crippen LogP contribution in [0.25, 0.3) is 0 Å². The zero-order valence-electron chi connectivity index (χ0n) is 60.7. The van der Waals surface area contributed by atoms with Gasteiger partial charge in [-0.25, -0.2) is 9.13 Å². The van der Waals surface area contributed by atoms with Gasteiger partial charge in [0.05, 0.1) is 26.4 Å². The van der Waals surface area contributed by atoms with Crippen LogP contribution in [-0.2, 0) is 65.4 Å². The molecule has 0 saturated carbocycles. The third kappa shape index (κ3) is 69.4. The predicted molar refractivity (Wildman–Crippen MR) is 399 cm³/mol. The molecule has 0 rings (SSSR count). The van der Waals surface area contributed by atoms with Crippen LogP contribution in [0.5, 0.6) is 0 Å². The molecule has 0 radical (unpaired) electrons. The molecule has 19 heteroatoms. The summed E-state index contributed by atoms with van der Waals surface area (Å²) in [5.74, 6) is -2.31. The number of aliphatic hydroxyl groups is 1. The third-order valence-corrected chi connectivity index (χ3v) is 16.7. The number of esters is 4. The van der Waals surface area contributed by atoms with Crippen molar-refractivity contribution in [2.75, 3.05) is 39.6 Å². The minimum absolute atomic E-state index is 0.0319. The second-order valence-electron chi connectivity index (χ2n) is 24.1. The van der Waals surface area contributed by atoms with Crippen molar-refractivity contribution in [2.24, 2.45) is 0 Å². The second-order valence-corrected chi connectivity index (χ2v) is 27.0. The van der Waals surface area contributed by atoms with Crippen molar-refractivity contribution in [3.8, 4) is 0 Å². The lowest BCUT2D eigenvalue weighted by molar-refractivity contribution is -0.161. The first kappa shape index (κ1) is 92.9. The summed E-state index contributed by atoms with van der Waals surface area (Å²) in [6.07, 6.45) is 78.6. The summed E-state index contributed by atoms with van der Waals surface area (Å²) < 4.78 is 68.3. The van der Waals surface area contributed by atoms with E-state index in [0.29, 0.717) is 32.1 Å². The average molecular weight is 1410 g/mol. The van der Waals surface area contributed by atoms with Gasteiger partial charge in [-0.15, -0.1) is 0 Å². The number of aliphatic hydroxyl groups excluding tert-OH is 1. The number of hydrogen-bond acceptors (Lipinski definition) is 15. The zero-order valence-corrected chi connectivity index (χ0v) is 62.4. The number of unbranched alkanes of at least 4 members (excludes halogenated alkanes) is 18. The van der Waals surface area contributed by atoms with Gasteiger partial charge in [0.2, 0.25) is 0 Å². The molecule has 0 fully saturated rings. The number of carbonyl (C=O) groups excluding carboxylic acids is 4. The maximum atomic E-state index is 13.1. The molecule has 3 N–H and O–H groups in total. The molecule has 0 aromatic carbocycles. The van der Waals surface area contributed by atoms with Crippen LogP contribution in [-0.4, -0.2) is 96.7 Å². The second kappa shape index (κ2) is 70.4. The summed E-state index contributed by atoms with van der Waals surface area (Å²) in [4.78, 5) is 72.7. The molecule has 5 atom stereocenters. The van der Waals surface area contributed by atoms with Crippen molar-refractivity contribution < 1.29 is 80.2 Å². The highest BCUT2D eigenvalue weighted by atomic mass is 31.2. The lowest BCUT2D eigenvalue weighted by Gasteiger charge is -2.21. The topological polar surface area (TPSA) is 237 Å². The molecule has 98 heavy (non-hydrogen) atoms. The van der Waals surface area contributed by atoms with Gasteiger partial charge < -0.3 is 33.8 Å². The van der Waals surface area contributed by atoms with Crippen LogP contribution in [0.1, 0.15) is 272 Å². The first-order chi connectivity index (χ1) is 47.7. The summed E-state index contributed by atoms with van der Waals surface area (Å²) in [6, 6.07) is 0. The fourth-order valence-electron chi connectivity index (χ4n) is 9.25. The average Bonchev–Trinajstić information content (AvgIpc) is 0.986. The molecule has 0 aromatic heterocycles. The van der Waals surface area contributed by atoms with Gasteiger partial charge in [0.15, 0.2) is 12.2 Å². The summed E-state index contributed by atoms with van der Waals surface area (Å²) in [6.45, 7) is 4.37. The van der Waals surface area contributed by atoms with E-state index in [0.717, 1.165) is 148 Å². The van der Waals surface area contributed by atoms with E-state index in [1.807, 2.05) is 0 Å². The van der Waals surface area contributed by atoms with E-state index in [4.69, 9.17) is 37.0 Å². The van der Waals surface area contributed by atoms with Crippen LogP contribution in [0, 0.1) is 0 Å². The van der Waals surface area contributed by atoms with Crippen molar-refractivity contribution >= 4 is 39.5 Å². The number of carbonyl (C=O) groups is 4. The Balaban J connectivity index is 5.43. The van der Waals surface area contributed by atoms with Gasteiger partial charge in [0, 0.05) is 25.7 Å². The van der Waals surface area contributed by atoms with Gasteiger partial charge in [0.25, 0.3) is 0 Å². The Hall–Kier alpha value is -5.06. The molecular weight excluding hydrogens is 1280 g/mol. The third-order valence-electron chi connectivity index (χ3n) is 14.8. The van der Waals surface area contributed by atoms with E-state index in [1.54, 1.807) is 0 Å². The van der Waals surface area contributed by atoms with Crippen molar-refractivity contribution in [1.82, 2.24) is 0 Å². The number of rotatable bonds is 68. The zero-order chi connectivity index (χ0) is 71.8. The number of allylic oxidation sites excluding steroid dienone is 24. The molecule has 0 aliphatic heterocycles. The summed E-state index contributed by atoms with van der Waals surface area (Å²) >= 11 is 0. The lowest BCUT2D eigenvalue weighted by Crippen LogP contribution is -2.30. The molecule has 0 aromatic rings. The van der Waals surface area contributed by atoms with Crippen LogP contribution in [0.2, 0.25) is 0 Å². The molecule has 0 bridgehead atoms. The fraction of sp³-hybridized carbons (Fsp3) is 0.646. The van der Waals surface area contributed by atoms with Gasteiger partial charge in [-0.2, -0.15) is 0 Å². The Kier molecular flexibility index (Phi) is 66.7. The molecule has 0 heterocycles. The molecule has 5 unspecified atom stereocenters. The molecule has 0 saturated heterocycles. The van der Waals surface area contributed by atoms with Gasteiger partial charge >= 0.3 is 39.5 Å².